The first kappa shape index (κ1) is 20.9. The van der Waals surface area contributed by atoms with Crippen molar-refractivity contribution in [2.24, 2.45) is 0 Å². The maximum atomic E-state index is 12.2. The van der Waals surface area contributed by atoms with Crippen molar-refractivity contribution in [2.45, 2.75) is 39.3 Å². The molecule has 2 aromatic carbocycles. The van der Waals surface area contributed by atoms with E-state index in [9.17, 15) is 4.79 Å². The second-order valence-corrected chi connectivity index (χ2v) is 8.22. The molecule has 0 aliphatic carbocycles. The summed E-state index contributed by atoms with van der Waals surface area (Å²) >= 11 is 0. The van der Waals surface area contributed by atoms with E-state index in [1.54, 1.807) is 6.92 Å². The number of benzene rings is 2. The Kier molecular flexibility index (Phi) is 5.42. The van der Waals surface area contributed by atoms with Crippen LogP contribution < -0.4 is 10.2 Å². The van der Waals surface area contributed by atoms with Crippen LogP contribution in [0.15, 0.2) is 60.8 Å². The van der Waals surface area contributed by atoms with Gasteiger partial charge in [0.15, 0.2) is 0 Å². The minimum absolute atomic E-state index is 0.0448. The lowest BCUT2D eigenvalue weighted by Crippen LogP contribution is -2.34. The van der Waals surface area contributed by atoms with Crippen LogP contribution in [0.3, 0.4) is 0 Å². The van der Waals surface area contributed by atoms with Crippen molar-refractivity contribution in [3.05, 3.63) is 72.2 Å². The molecule has 1 amide bonds. The van der Waals surface area contributed by atoms with Crippen molar-refractivity contribution in [3.8, 4) is 5.69 Å². The Bertz CT molecular complexity index is 1300. The van der Waals surface area contributed by atoms with E-state index in [0.717, 1.165) is 28.6 Å². The van der Waals surface area contributed by atoms with Gasteiger partial charge in [-0.3, -0.25) is 0 Å². The van der Waals surface area contributed by atoms with E-state index in [0.29, 0.717) is 24.3 Å². The number of anilines is 2. The Morgan fingerprint density at radius 3 is 2.73 bits per heavy atom. The van der Waals surface area contributed by atoms with E-state index >= 15 is 0 Å². The standard InChI is InChI=1S/C25H26N6O2/c1-4-20-15-33-25(32)31(20)24-28-17(3)27-23(29-24)26-16(2)18-10-11-22-19(14-18)12-13-30(22)21-8-6-5-7-9-21/h5-14,16,20H,4,15H2,1-3H3,(H,26,27,28,29)/t16-,20-/m0/s1. The molecule has 8 nitrogen and oxygen atoms in total. The molecule has 8 heteroatoms. The molecule has 1 N–H and O–H groups in total. The number of amides is 1. The Morgan fingerprint density at radius 2 is 1.94 bits per heavy atom. The molecule has 1 fully saturated rings. The summed E-state index contributed by atoms with van der Waals surface area (Å²) in [6.45, 7) is 6.22. The number of aromatic nitrogens is 4. The smallest absolute Gasteiger partial charge is 0.417 e. The monoisotopic (exact) mass is 442 g/mol. The average Bonchev–Trinajstić information content (AvgIpc) is 3.41. The highest BCUT2D eigenvalue weighted by Crippen LogP contribution is 2.27. The lowest BCUT2D eigenvalue weighted by atomic mass is 10.1. The topological polar surface area (TPSA) is 85.2 Å². The molecule has 0 spiro atoms. The first-order chi connectivity index (χ1) is 16.0. The van der Waals surface area contributed by atoms with Crippen LogP contribution in [0.1, 0.15) is 37.7 Å². The minimum atomic E-state index is -0.417. The van der Waals surface area contributed by atoms with E-state index in [1.807, 2.05) is 25.1 Å². The third kappa shape index (κ3) is 4.00. The van der Waals surface area contributed by atoms with E-state index in [2.05, 4.69) is 74.4 Å². The van der Waals surface area contributed by atoms with Gasteiger partial charge in [0.25, 0.3) is 0 Å². The molecule has 33 heavy (non-hydrogen) atoms. The molecule has 2 atom stereocenters. The molecule has 168 valence electrons. The fourth-order valence-electron chi connectivity index (χ4n) is 4.17. The van der Waals surface area contributed by atoms with Gasteiger partial charge in [0.05, 0.1) is 17.6 Å². The molecule has 0 saturated carbocycles. The van der Waals surface area contributed by atoms with Crippen LogP contribution in [-0.2, 0) is 4.74 Å². The summed E-state index contributed by atoms with van der Waals surface area (Å²) in [5, 5.41) is 4.52. The molecule has 4 aromatic rings. The van der Waals surface area contributed by atoms with Gasteiger partial charge in [-0.2, -0.15) is 15.0 Å². The Labute approximate surface area is 192 Å². The number of hydrogen-bond acceptors (Lipinski definition) is 6. The number of nitrogens with one attached hydrogen (secondary N) is 1. The van der Waals surface area contributed by atoms with Crippen LogP contribution in [0.4, 0.5) is 16.7 Å². The Hall–Kier alpha value is -3.94. The third-order valence-electron chi connectivity index (χ3n) is 5.98. The largest absolute Gasteiger partial charge is 0.447 e. The van der Waals surface area contributed by atoms with Crippen molar-refractivity contribution in [1.82, 2.24) is 19.5 Å². The van der Waals surface area contributed by atoms with Crippen LogP contribution in [0.5, 0.6) is 0 Å². The summed E-state index contributed by atoms with van der Waals surface area (Å²) in [5.74, 6) is 1.29. The number of fused-ring (bicyclic) bond motifs is 1. The van der Waals surface area contributed by atoms with Crippen LogP contribution in [0.25, 0.3) is 16.6 Å². The fraction of sp³-hybridized carbons (Fsp3) is 0.280. The maximum Gasteiger partial charge on any atom is 0.417 e. The van der Waals surface area contributed by atoms with Crippen molar-refractivity contribution in [3.63, 3.8) is 0 Å². The summed E-state index contributed by atoms with van der Waals surface area (Å²) in [4.78, 5) is 27.1. The number of rotatable bonds is 6. The predicted octanol–water partition coefficient (Wildman–Crippen LogP) is 5.03. The number of cyclic esters (lactones) is 1. The number of carbonyl (C=O) groups is 1. The fourth-order valence-corrected chi connectivity index (χ4v) is 4.17. The molecule has 1 aliphatic rings. The number of aryl methyl sites for hydroxylation is 1. The van der Waals surface area contributed by atoms with Crippen LogP contribution >= 0.6 is 0 Å². The van der Waals surface area contributed by atoms with E-state index in [1.165, 1.54) is 4.90 Å². The first-order valence-electron chi connectivity index (χ1n) is 11.1. The normalized spacial score (nSPS) is 16.8. The van der Waals surface area contributed by atoms with Gasteiger partial charge in [0.1, 0.15) is 12.4 Å². The van der Waals surface area contributed by atoms with Gasteiger partial charge >= 0.3 is 6.09 Å². The van der Waals surface area contributed by atoms with E-state index in [-0.39, 0.29) is 12.1 Å². The van der Waals surface area contributed by atoms with Gasteiger partial charge in [-0.05, 0) is 56.2 Å². The molecule has 0 radical (unpaired) electrons. The summed E-state index contributed by atoms with van der Waals surface area (Å²) in [5.41, 5.74) is 3.39. The van der Waals surface area contributed by atoms with E-state index in [4.69, 9.17) is 4.74 Å². The minimum Gasteiger partial charge on any atom is -0.447 e. The molecule has 0 unspecified atom stereocenters. The van der Waals surface area contributed by atoms with Crippen molar-refractivity contribution in [2.75, 3.05) is 16.8 Å². The van der Waals surface area contributed by atoms with Gasteiger partial charge < -0.3 is 14.6 Å². The summed E-state index contributed by atoms with van der Waals surface area (Å²) in [6.07, 6.45) is 2.43. The summed E-state index contributed by atoms with van der Waals surface area (Å²) in [7, 11) is 0. The van der Waals surface area contributed by atoms with Crippen LogP contribution in [-0.4, -0.2) is 38.3 Å². The molecule has 5 rings (SSSR count). The number of ether oxygens (including phenoxy) is 1. The average molecular weight is 443 g/mol. The second-order valence-electron chi connectivity index (χ2n) is 8.22. The molecule has 1 saturated heterocycles. The zero-order chi connectivity index (χ0) is 22.9. The van der Waals surface area contributed by atoms with Gasteiger partial charge in [-0.15, -0.1) is 0 Å². The van der Waals surface area contributed by atoms with Crippen molar-refractivity contribution < 1.29 is 9.53 Å². The lowest BCUT2D eigenvalue weighted by molar-refractivity contribution is 0.178. The van der Waals surface area contributed by atoms with Gasteiger partial charge in [-0.1, -0.05) is 31.2 Å². The van der Waals surface area contributed by atoms with Crippen LogP contribution in [0.2, 0.25) is 0 Å². The number of nitrogens with zero attached hydrogens (tertiary/aromatic N) is 5. The number of hydrogen-bond donors (Lipinski definition) is 1. The summed E-state index contributed by atoms with van der Waals surface area (Å²) < 4.78 is 7.37. The first-order valence-corrected chi connectivity index (χ1v) is 11.1. The zero-order valence-corrected chi connectivity index (χ0v) is 18.9. The highest BCUT2D eigenvalue weighted by atomic mass is 16.6. The highest BCUT2D eigenvalue weighted by Gasteiger charge is 2.35. The Morgan fingerprint density at radius 1 is 1.12 bits per heavy atom. The van der Waals surface area contributed by atoms with Crippen LogP contribution in [0, 0.1) is 6.92 Å². The van der Waals surface area contributed by atoms with Crippen molar-refractivity contribution >= 4 is 28.9 Å². The molecule has 0 bridgehead atoms. The van der Waals surface area contributed by atoms with E-state index < -0.39 is 6.09 Å². The van der Waals surface area contributed by atoms with Gasteiger partial charge in [-0.25, -0.2) is 9.69 Å². The number of carbonyl (C=O) groups excluding carboxylic acids is 1. The molecular formula is C25H26N6O2. The van der Waals surface area contributed by atoms with Crippen molar-refractivity contribution in [1.29, 1.82) is 0 Å². The molecular weight excluding hydrogens is 416 g/mol. The second kappa shape index (κ2) is 8.54. The molecule has 3 heterocycles. The molecule has 2 aromatic heterocycles. The zero-order valence-electron chi connectivity index (χ0n) is 18.9. The predicted molar refractivity (Wildman–Crippen MR) is 128 cm³/mol. The third-order valence-corrected chi connectivity index (χ3v) is 5.98. The SMILES string of the molecule is CC[C@H]1COC(=O)N1c1nc(C)nc(N[C@@H](C)c2ccc3c(ccn3-c3ccccc3)c2)n1. The Balaban J connectivity index is 1.40. The number of para-hydroxylation sites is 1. The van der Waals surface area contributed by atoms with Gasteiger partial charge in [0, 0.05) is 17.3 Å². The summed E-state index contributed by atoms with van der Waals surface area (Å²) in [6, 6.07) is 18.7. The molecule has 1 aliphatic heterocycles. The lowest BCUT2D eigenvalue weighted by Gasteiger charge is -2.20. The van der Waals surface area contributed by atoms with Gasteiger partial charge in [0.2, 0.25) is 11.9 Å². The highest BCUT2D eigenvalue weighted by molar-refractivity contribution is 5.88. The quantitative estimate of drug-likeness (QED) is 0.451. The maximum absolute atomic E-state index is 12.2.